The Labute approximate surface area is 217 Å². The second-order valence-electron chi connectivity index (χ2n) is 8.41. The molecule has 5 bridgehead atoms. The quantitative estimate of drug-likeness (QED) is 0.163. The number of aromatic nitrogens is 2. The number of para-hydroxylation sites is 1. The van der Waals surface area contributed by atoms with Crippen molar-refractivity contribution < 1.29 is 38.6 Å². The molecule has 4 N–H and O–H groups in total. The van der Waals surface area contributed by atoms with Crippen LogP contribution in [0.2, 0.25) is 0 Å². The number of pyridine rings is 1. The van der Waals surface area contributed by atoms with Gasteiger partial charge < -0.3 is 0 Å². The number of nitrogens with one attached hydrogen (secondary N) is 4. The molecule has 1 atom stereocenters. The number of aromatic amines is 1. The third-order valence-electron chi connectivity index (χ3n) is 6.12. The number of methoxy groups -OCH3 is 1. The number of H-pyrrole nitrogens is 1. The van der Waals surface area contributed by atoms with Gasteiger partial charge in [0.05, 0.1) is 0 Å². The maximum atomic E-state index is 14.5. The van der Waals surface area contributed by atoms with E-state index in [0.29, 0.717) is 35.6 Å². The molecule has 0 aliphatic carbocycles. The molecule has 2 aliphatic rings. The first-order valence-corrected chi connectivity index (χ1v) is 13.5. The summed E-state index contributed by atoms with van der Waals surface area (Å²) < 4.78 is 25.8. The molecular weight excluding hydrogens is 576 g/mol. The fourth-order valence-electron chi connectivity index (χ4n) is 4.49. The van der Waals surface area contributed by atoms with Crippen molar-refractivity contribution in [1.82, 2.24) is 15.3 Å². The first kappa shape index (κ1) is 22.7. The molecule has 2 aliphatic heterocycles. The molecule has 4 heterocycles. The molecular formula is C26H22FIN5O3-. The van der Waals surface area contributed by atoms with Crippen LogP contribution in [-0.4, -0.2) is 27.0 Å². The summed E-state index contributed by atoms with van der Waals surface area (Å²) >= 11 is -0.821. The Morgan fingerprint density at radius 3 is 3.00 bits per heavy atom. The van der Waals surface area contributed by atoms with Crippen LogP contribution in [0.25, 0.3) is 11.3 Å². The Bertz CT molecular complexity index is 1470. The second kappa shape index (κ2) is 9.34. The zero-order valence-electron chi connectivity index (χ0n) is 19.2. The van der Waals surface area contributed by atoms with E-state index in [2.05, 4.69) is 25.9 Å². The fraction of sp³-hybridized carbons (Fsp3) is 0.154. The van der Waals surface area contributed by atoms with E-state index >= 15 is 0 Å². The topological polar surface area (TPSA) is 100 Å². The molecule has 2 aromatic carbocycles. The average Bonchev–Trinajstić information content (AvgIpc) is 3.25. The molecule has 0 saturated heterocycles. The molecule has 1 unspecified atom stereocenters. The standard InChI is InChI=1S/C26H22FIN5O3/c1-35-25-17(27)6-3-7-18(25)31-24-22-19-11-21(33-26(22)34)28-36-15-5-2-4-14(10-15)12-30-20-13-29-9-8-16(20)23(24)32-19/h2-10,13,21,30-32H,11-12H2,1H3,(H,33,34)/q-1. The van der Waals surface area contributed by atoms with E-state index in [1.807, 2.05) is 30.3 Å². The molecule has 0 spiro atoms. The zero-order valence-corrected chi connectivity index (χ0v) is 21.4. The van der Waals surface area contributed by atoms with Crippen molar-refractivity contribution >= 4 is 23.0 Å². The van der Waals surface area contributed by atoms with E-state index in [-0.39, 0.29) is 15.7 Å². The number of benzene rings is 2. The van der Waals surface area contributed by atoms with E-state index in [9.17, 15) is 9.18 Å². The first-order chi connectivity index (χ1) is 17.6. The van der Waals surface area contributed by atoms with E-state index in [1.54, 1.807) is 24.5 Å². The number of hydrogen-bond donors (Lipinski definition) is 4. The summed E-state index contributed by atoms with van der Waals surface area (Å²) in [5.74, 6) is 0.159. The van der Waals surface area contributed by atoms with Crippen LogP contribution in [0.4, 0.5) is 21.5 Å². The molecule has 0 radical (unpaired) electrons. The number of carbonyl (C=O) groups is 1. The average molecular weight is 598 g/mol. The predicted octanol–water partition coefficient (Wildman–Crippen LogP) is 1.59. The van der Waals surface area contributed by atoms with E-state index in [0.717, 1.165) is 28.3 Å². The number of fused-ring (bicyclic) bond motifs is 6. The number of alkyl halides is 1. The Balaban J connectivity index is 1.52. The van der Waals surface area contributed by atoms with Gasteiger partial charge in [-0.25, -0.2) is 0 Å². The molecule has 0 fully saturated rings. The van der Waals surface area contributed by atoms with Gasteiger partial charge in [-0.2, -0.15) is 0 Å². The van der Waals surface area contributed by atoms with Gasteiger partial charge >= 0.3 is 218 Å². The van der Waals surface area contributed by atoms with Crippen molar-refractivity contribution in [2.24, 2.45) is 0 Å². The van der Waals surface area contributed by atoms with Crippen molar-refractivity contribution in [3.05, 3.63) is 83.6 Å². The minimum atomic E-state index is -0.821. The van der Waals surface area contributed by atoms with Crippen LogP contribution >= 0.6 is 0 Å². The van der Waals surface area contributed by atoms with Crippen LogP contribution in [0.5, 0.6) is 11.5 Å². The fourth-order valence-corrected chi connectivity index (χ4v) is 6.39. The molecule has 8 nitrogen and oxygen atoms in total. The number of anilines is 3. The number of carbonyl (C=O) groups excluding carboxylic acids is 1. The number of ether oxygens (including phenoxy) is 1. The van der Waals surface area contributed by atoms with Gasteiger partial charge in [-0.15, -0.1) is 0 Å². The van der Waals surface area contributed by atoms with Gasteiger partial charge in [0.25, 0.3) is 0 Å². The molecule has 0 saturated carbocycles. The molecule has 1 amide bonds. The third-order valence-corrected chi connectivity index (χ3v) is 8.25. The van der Waals surface area contributed by atoms with E-state index < -0.39 is 27.4 Å². The predicted molar refractivity (Wildman–Crippen MR) is 130 cm³/mol. The van der Waals surface area contributed by atoms with Crippen molar-refractivity contribution in [2.75, 3.05) is 17.7 Å². The number of amides is 1. The Kier molecular flexibility index (Phi) is 5.88. The summed E-state index contributed by atoms with van der Waals surface area (Å²) in [5, 5.41) is 9.86. The third kappa shape index (κ3) is 4.11. The number of halogens is 2. The van der Waals surface area contributed by atoms with Crippen LogP contribution in [0.1, 0.15) is 21.6 Å². The van der Waals surface area contributed by atoms with Crippen LogP contribution in [0, 0.1) is 5.82 Å². The Hall–Kier alpha value is -3.80. The minimum absolute atomic E-state index is 0.0741. The van der Waals surface area contributed by atoms with Gasteiger partial charge in [-0.1, -0.05) is 0 Å². The number of nitrogens with zero attached hydrogens (tertiary/aromatic N) is 1. The van der Waals surface area contributed by atoms with Gasteiger partial charge in [0.2, 0.25) is 0 Å². The molecule has 2 aromatic heterocycles. The molecule has 6 rings (SSSR count). The van der Waals surface area contributed by atoms with Crippen LogP contribution in [0.15, 0.2) is 60.9 Å². The Morgan fingerprint density at radius 1 is 1.22 bits per heavy atom. The van der Waals surface area contributed by atoms with Gasteiger partial charge in [0.1, 0.15) is 0 Å². The maximum absolute atomic E-state index is 14.5. The summed E-state index contributed by atoms with van der Waals surface area (Å²) in [6.07, 6.45) is 4.05. The van der Waals surface area contributed by atoms with Gasteiger partial charge in [0.15, 0.2) is 0 Å². The number of hydrogen-bond acceptors (Lipinski definition) is 6. The molecule has 36 heavy (non-hydrogen) atoms. The van der Waals surface area contributed by atoms with Crippen molar-refractivity contribution in [1.29, 1.82) is 0 Å². The van der Waals surface area contributed by atoms with Crippen LogP contribution in [-0.2, 0) is 13.0 Å². The normalized spacial score (nSPS) is 16.4. The van der Waals surface area contributed by atoms with E-state index in [1.165, 1.54) is 13.2 Å². The van der Waals surface area contributed by atoms with Gasteiger partial charge in [0, 0.05) is 0 Å². The summed E-state index contributed by atoms with van der Waals surface area (Å²) in [4.78, 5) is 21.2. The zero-order chi connectivity index (χ0) is 24.6. The molecule has 184 valence electrons. The SMILES string of the molecule is COc1c(F)cccc1Nc1c2[nH]c3c1C(=O)NC(C3)[I-]Oc1cccc(c1)CNc1cnccc1-2. The van der Waals surface area contributed by atoms with Gasteiger partial charge in [-0.3, -0.25) is 0 Å². The monoisotopic (exact) mass is 598 g/mol. The van der Waals surface area contributed by atoms with E-state index in [4.69, 9.17) is 7.80 Å². The first-order valence-electron chi connectivity index (χ1n) is 11.3. The summed E-state index contributed by atoms with van der Waals surface area (Å²) in [6, 6.07) is 14.5. The van der Waals surface area contributed by atoms with Crippen LogP contribution in [0.3, 0.4) is 0 Å². The van der Waals surface area contributed by atoms with Crippen molar-refractivity contribution in [2.45, 2.75) is 17.0 Å². The van der Waals surface area contributed by atoms with Crippen LogP contribution < -0.4 is 45.4 Å². The number of rotatable bonds is 3. The molecule has 10 heteroatoms. The Morgan fingerprint density at radius 2 is 2.11 bits per heavy atom. The summed E-state index contributed by atoms with van der Waals surface area (Å²) in [5.41, 5.74) is 5.66. The van der Waals surface area contributed by atoms with Crippen molar-refractivity contribution in [3.63, 3.8) is 0 Å². The summed E-state index contributed by atoms with van der Waals surface area (Å²) in [6.45, 7) is 0.565. The molecule has 4 aromatic rings. The summed E-state index contributed by atoms with van der Waals surface area (Å²) in [7, 11) is 1.42. The second-order valence-corrected chi connectivity index (χ2v) is 10.9. The van der Waals surface area contributed by atoms with Crippen molar-refractivity contribution in [3.8, 4) is 22.8 Å². The van der Waals surface area contributed by atoms with Gasteiger partial charge in [-0.05, 0) is 0 Å².